The predicted octanol–water partition coefficient (Wildman–Crippen LogP) is 5.13. The summed E-state index contributed by atoms with van der Waals surface area (Å²) >= 11 is 0. The first-order valence-corrected chi connectivity index (χ1v) is 10.0. The zero-order chi connectivity index (χ0) is 18.3. The Bertz CT molecular complexity index is 561. The van der Waals surface area contributed by atoms with E-state index in [1.807, 2.05) is 0 Å². The lowest BCUT2D eigenvalue weighted by Gasteiger charge is -2.26. The van der Waals surface area contributed by atoms with Gasteiger partial charge in [0.1, 0.15) is 0 Å². The minimum atomic E-state index is 0.0542. The van der Waals surface area contributed by atoms with E-state index in [-0.39, 0.29) is 5.54 Å². The number of aliphatic hydroxyl groups excluding tert-OH is 1. The average Bonchev–Trinajstić information content (AvgIpc) is 3.00. The van der Waals surface area contributed by atoms with Crippen LogP contribution in [0.2, 0.25) is 0 Å². The van der Waals surface area contributed by atoms with Crippen molar-refractivity contribution in [2.24, 2.45) is 11.7 Å². The maximum absolute atomic E-state index is 7.00. The molecule has 3 rings (SSSR count). The molecule has 0 amide bonds. The molecule has 1 aromatic rings. The van der Waals surface area contributed by atoms with Gasteiger partial charge in [-0.1, -0.05) is 30.4 Å². The van der Waals surface area contributed by atoms with Gasteiger partial charge in [0.2, 0.25) is 0 Å². The lowest BCUT2D eigenvalue weighted by atomic mass is 9.79. The van der Waals surface area contributed by atoms with Crippen LogP contribution in [0.1, 0.15) is 81.4 Å². The second kappa shape index (κ2) is 9.54. The number of rotatable bonds is 5. The van der Waals surface area contributed by atoms with Crippen LogP contribution in [-0.4, -0.2) is 17.8 Å². The SMILES string of the molecule is C/C=C\CCC[C@@H]1CCc2cc([C@H]3CC[C@@](C)(N)C3)ccc2C1.CO. The van der Waals surface area contributed by atoms with Crippen molar-refractivity contribution in [1.29, 1.82) is 0 Å². The van der Waals surface area contributed by atoms with Crippen molar-refractivity contribution in [3.63, 3.8) is 0 Å². The summed E-state index contributed by atoms with van der Waals surface area (Å²) in [6, 6.07) is 7.33. The van der Waals surface area contributed by atoms with Crippen molar-refractivity contribution in [3.8, 4) is 0 Å². The standard InChI is InChI=1S/C22H33N.CH4O/c1-3-4-5-6-7-17-8-9-19-15-20(11-10-18(19)14-17)21-12-13-22(2,23)16-21;1-2/h3-4,10-11,15,17,21H,5-9,12-14,16,23H2,1-2H3;2H,1H3/b4-3-;/t17-,21+,22-;/m1./s1. The van der Waals surface area contributed by atoms with Crippen LogP contribution < -0.4 is 5.73 Å². The highest BCUT2D eigenvalue weighted by molar-refractivity contribution is 5.36. The van der Waals surface area contributed by atoms with E-state index in [1.165, 1.54) is 51.4 Å². The molecule has 1 saturated carbocycles. The molecule has 0 radical (unpaired) electrons. The summed E-state index contributed by atoms with van der Waals surface area (Å²) in [7, 11) is 1.00. The highest BCUT2D eigenvalue weighted by Gasteiger charge is 2.32. The highest BCUT2D eigenvalue weighted by Crippen LogP contribution is 2.40. The smallest absolute Gasteiger partial charge is 0.0319 e. The number of fused-ring (bicyclic) bond motifs is 1. The molecular weight excluding hydrogens is 306 g/mol. The molecule has 2 aliphatic carbocycles. The Morgan fingerprint density at radius 3 is 2.72 bits per heavy atom. The molecular formula is C23H37NO. The van der Waals surface area contributed by atoms with Crippen molar-refractivity contribution in [2.45, 2.75) is 83.1 Å². The number of hydrogen-bond donors (Lipinski definition) is 2. The van der Waals surface area contributed by atoms with Gasteiger partial charge in [-0.3, -0.25) is 0 Å². The first kappa shape index (κ1) is 20.2. The number of allylic oxidation sites excluding steroid dienone is 2. The molecule has 0 saturated heterocycles. The summed E-state index contributed by atoms with van der Waals surface area (Å²) in [5.74, 6) is 1.59. The summed E-state index contributed by atoms with van der Waals surface area (Å²) < 4.78 is 0. The summed E-state index contributed by atoms with van der Waals surface area (Å²) in [4.78, 5) is 0. The molecule has 2 heteroatoms. The van der Waals surface area contributed by atoms with Crippen LogP contribution in [0.5, 0.6) is 0 Å². The molecule has 2 aliphatic rings. The van der Waals surface area contributed by atoms with Gasteiger partial charge >= 0.3 is 0 Å². The van der Waals surface area contributed by atoms with Crippen LogP contribution in [0.25, 0.3) is 0 Å². The summed E-state index contributed by atoms with van der Waals surface area (Å²) in [5, 5.41) is 7.00. The summed E-state index contributed by atoms with van der Waals surface area (Å²) in [6.07, 6.45) is 16.0. The predicted molar refractivity (Wildman–Crippen MR) is 108 cm³/mol. The first-order chi connectivity index (χ1) is 12.1. The largest absolute Gasteiger partial charge is 0.400 e. The van der Waals surface area contributed by atoms with Gasteiger partial charge in [0.25, 0.3) is 0 Å². The van der Waals surface area contributed by atoms with Crippen molar-refractivity contribution in [3.05, 3.63) is 47.0 Å². The van der Waals surface area contributed by atoms with E-state index in [1.54, 1.807) is 16.7 Å². The monoisotopic (exact) mass is 343 g/mol. The molecule has 2 nitrogen and oxygen atoms in total. The lowest BCUT2D eigenvalue weighted by molar-refractivity contribution is 0.399. The van der Waals surface area contributed by atoms with E-state index in [9.17, 15) is 0 Å². The number of benzene rings is 1. The molecule has 1 aromatic carbocycles. The third-order valence-electron chi connectivity index (χ3n) is 6.03. The normalized spacial score (nSPS) is 28.5. The van der Waals surface area contributed by atoms with Crippen LogP contribution in [0.4, 0.5) is 0 Å². The fraction of sp³-hybridized carbons (Fsp3) is 0.652. The molecule has 1 fully saturated rings. The van der Waals surface area contributed by atoms with Gasteiger partial charge in [-0.15, -0.1) is 0 Å². The van der Waals surface area contributed by atoms with E-state index in [2.05, 4.69) is 44.2 Å². The Morgan fingerprint density at radius 2 is 2.04 bits per heavy atom. The third-order valence-corrected chi connectivity index (χ3v) is 6.03. The fourth-order valence-corrected chi connectivity index (χ4v) is 4.60. The molecule has 0 aromatic heterocycles. The van der Waals surface area contributed by atoms with E-state index in [0.29, 0.717) is 5.92 Å². The van der Waals surface area contributed by atoms with Crippen LogP contribution in [0.15, 0.2) is 30.4 Å². The molecule has 3 atom stereocenters. The number of unbranched alkanes of at least 4 members (excludes halogenated alkanes) is 1. The Labute approximate surface area is 154 Å². The fourth-order valence-electron chi connectivity index (χ4n) is 4.60. The van der Waals surface area contributed by atoms with Gasteiger partial charge in [0, 0.05) is 12.6 Å². The molecule has 0 unspecified atom stereocenters. The van der Waals surface area contributed by atoms with Crippen LogP contribution in [0.3, 0.4) is 0 Å². The average molecular weight is 344 g/mol. The summed E-state index contributed by atoms with van der Waals surface area (Å²) in [6.45, 7) is 4.33. The van der Waals surface area contributed by atoms with Crippen LogP contribution >= 0.6 is 0 Å². The maximum atomic E-state index is 7.00. The van der Waals surface area contributed by atoms with E-state index in [4.69, 9.17) is 10.8 Å². The van der Waals surface area contributed by atoms with Gasteiger partial charge in [0.15, 0.2) is 0 Å². The Balaban J connectivity index is 0.00000109. The zero-order valence-corrected chi connectivity index (χ0v) is 16.4. The van der Waals surface area contributed by atoms with Gasteiger partial charge < -0.3 is 10.8 Å². The van der Waals surface area contributed by atoms with Crippen molar-refractivity contribution < 1.29 is 5.11 Å². The molecule has 25 heavy (non-hydrogen) atoms. The third kappa shape index (κ3) is 5.69. The van der Waals surface area contributed by atoms with Gasteiger partial charge in [-0.25, -0.2) is 0 Å². The van der Waals surface area contributed by atoms with Gasteiger partial charge in [0.05, 0.1) is 0 Å². The second-order valence-electron chi connectivity index (χ2n) is 8.23. The van der Waals surface area contributed by atoms with Crippen molar-refractivity contribution in [1.82, 2.24) is 0 Å². The minimum Gasteiger partial charge on any atom is -0.400 e. The van der Waals surface area contributed by atoms with Crippen molar-refractivity contribution in [2.75, 3.05) is 7.11 Å². The second-order valence-corrected chi connectivity index (χ2v) is 8.23. The minimum absolute atomic E-state index is 0.0542. The lowest BCUT2D eigenvalue weighted by Crippen LogP contribution is -2.32. The summed E-state index contributed by atoms with van der Waals surface area (Å²) in [5.41, 5.74) is 11.2. The zero-order valence-electron chi connectivity index (χ0n) is 16.4. The number of nitrogens with two attached hydrogens (primary N) is 1. The Kier molecular flexibility index (Phi) is 7.71. The van der Waals surface area contributed by atoms with E-state index in [0.717, 1.165) is 19.4 Å². The highest BCUT2D eigenvalue weighted by atomic mass is 16.2. The quantitative estimate of drug-likeness (QED) is 0.575. The van der Waals surface area contributed by atoms with Gasteiger partial charge in [-0.05, 0) is 100 Å². The van der Waals surface area contributed by atoms with Crippen LogP contribution in [0, 0.1) is 5.92 Å². The molecule has 0 spiro atoms. The maximum Gasteiger partial charge on any atom is 0.0319 e. The Hall–Kier alpha value is -1.12. The number of aryl methyl sites for hydroxylation is 1. The van der Waals surface area contributed by atoms with Crippen molar-refractivity contribution >= 4 is 0 Å². The van der Waals surface area contributed by atoms with Crippen LogP contribution in [-0.2, 0) is 12.8 Å². The molecule has 0 aliphatic heterocycles. The molecule has 140 valence electrons. The molecule has 0 bridgehead atoms. The topological polar surface area (TPSA) is 46.2 Å². The van der Waals surface area contributed by atoms with E-state index < -0.39 is 0 Å². The molecule has 3 N–H and O–H groups in total. The molecule has 0 heterocycles. The Morgan fingerprint density at radius 1 is 1.24 bits per heavy atom. The van der Waals surface area contributed by atoms with Gasteiger partial charge in [-0.2, -0.15) is 0 Å². The number of hydrogen-bond acceptors (Lipinski definition) is 2. The van der Waals surface area contributed by atoms with E-state index >= 15 is 0 Å². The number of aliphatic hydroxyl groups is 1. The first-order valence-electron chi connectivity index (χ1n) is 10.0.